The quantitative estimate of drug-likeness (QED) is 0.503. The molecule has 0 fully saturated rings. The highest BCUT2D eigenvalue weighted by Crippen LogP contribution is 2.13. The van der Waals surface area contributed by atoms with E-state index in [9.17, 15) is 9.59 Å². The van der Waals surface area contributed by atoms with Crippen LogP contribution in [0, 0.1) is 5.92 Å². The van der Waals surface area contributed by atoms with Crippen molar-refractivity contribution in [3.05, 3.63) is 12.2 Å². The summed E-state index contributed by atoms with van der Waals surface area (Å²) in [4.78, 5) is 21.2. The summed E-state index contributed by atoms with van der Waals surface area (Å²) >= 11 is 0. The molecule has 4 nitrogen and oxygen atoms in total. The van der Waals surface area contributed by atoms with Gasteiger partial charge in [0.25, 0.3) is 0 Å². The first-order valence-corrected chi connectivity index (χ1v) is 3.44. The summed E-state index contributed by atoms with van der Waals surface area (Å²) in [6.45, 7) is 5.05. The molecule has 0 aromatic rings. The number of methoxy groups -OCH3 is 1. The van der Waals surface area contributed by atoms with Crippen molar-refractivity contribution in [3.8, 4) is 0 Å². The van der Waals surface area contributed by atoms with Crippen LogP contribution in [0.3, 0.4) is 0 Å². The summed E-state index contributed by atoms with van der Waals surface area (Å²) in [6, 6.07) is 0. The molecule has 0 bridgehead atoms. The van der Waals surface area contributed by atoms with Crippen LogP contribution in [-0.2, 0) is 14.3 Å². The second kappa shape index (κ2) is 4.54. The van der Waals surface area contributed by atoms with Gasteiger partial charge in [-0.05, 0) is 6.92 Å². The topological polar surface area (TPSA) is 63.6 Å². The van der Waals surface area contributed by atoms with E-state index in [0.717, 1.165) is 0 Å². The molecule has 0 aromatic heterocycles. The zero-order chi connectivity index (χ0) is 9.72. The van der Waals surface area contributed by atoms with Crippen LogP contribution < -0.4 is 0 Å². The molecule has 4 heteroatoms. The van der Waals surface area contributed by atoms with Gasteiger partial charge in [-0.15, -0.1) is 0 Å². The summed E-state index contributed by atoms with van der Waals surface area (Å²) in [7, 11) is 1.22. The zero-order valence-electron chi connectivity index (χ0n) is 7.16. The Morgan fingerprint density at radius 1 is 1.58 bits per heavy atom. The number of hydrogen-bond donors (Lipinski definition) is 1. The van der Waals surface area contributed by atoms with E-state index in [2.05, 4.69) is 11.3 Å². The first-order valence-electron chi connectivity index (χ1n) is 3.44. The lowest BCUT2D eigenvalue weighted by Crippen LogP contribution is -2.19. The maximum atomic E-state index is 10.7. The molecule has 12 heavy (non-hydrogen) atoms. The molecule has 0 saturated carbocycles. The Hall–Kier alpha value is -1.32. The molecule has 1 N–H and O–H groups in total. The zero-order valence-corrected chi connectivity index (χ0v) is 7.16. The van der Waals surface area contributed by atoms with Crippen LogP contribution in [0.5, 0.6) is 0 Å². The highest BCUT2D eigenvalue weighted by atomic mass is 16.5. The van der Waals surface area contributed by atoms with Crippen molar-refractivity contribution < 1.29 is 19.4 Å². The van der Waals surface area contributed by atoms with E-state index in [4.69, 9.17) is 5.11 Å². The Morgan fingerprint density at radius 3 is 2.33 bits per heavy atom. The Morgan fingerprint density at radius 2 is 2.08 bits per heavy atom. The second-order valence-corrected chi connectivity index (χ2v) is 2.52. The third kappa shape index (κ3) is 3.18. The molecule has 0 amide bonds. The lowest BCUT2D eigenvalue weighted by molar-refractivity contribution is -0.148. The summed E-state index contributed by atoms with van der Waals surface area (Å²) in [6.07, 6.45) is -0.152. The molecule has 0 heterocycles. The Labute approximate surface area is 70.8 Å². The van der Waals surface area contributed by atoms with Gasteiger partial charge in [0.05, 0.1) is 19.4 Å². The van der Waals surface area contributed by atoms with Crippen molar-refractivity contribution in [1.82, 2.24) is 0 Å². The smallest absolute Gasteiger partial charge is 0.311 e. The van der Waals surface area contributed by atoms with Crippen LogP contribution >= 0.6 is 0 Å². The van der Waals surface area contributed by atoms with Crippen LogP contribution in [0.2, 0.25) is 0 Å². The number of rotatable bonds is 4. The van der Waals surface area contributed by atoms with Crippen LogP contribution in [0.25, 0.3) is 0 Å². The molecule has 0 aliphatic rings. The summed E-state index contributed by atoms with van der Waals surface area (Å²) in [5.41, 5.74) is 0.452. The first kappa shape index (κ1) is 10.7. The van der Waals surface area contributed by atoms with Gasteiger partial charge in [-0.2, -0.15) is 0 Å². The molecule has 68 valence electrons. The fourth-order valence-corrected chi connectivity index (χ4v) is 0.722. The Kier molecular flexibility index (Phi) is 4.04. The normalized spacial score (nSPS) is 11.8. The van der Waals surface area contributed by atoms with E-state index in [1.165, 1.54) is 7.11 Å². The van der Waals surface area contributed by atoms with E-state index >= 15 is 0 Å². The molecule has 0 rings (SSSR count). The van der Waals surface area contributed by atoms with Gasteiger partial charge in [0.2, 0.25) is 0 Å². The third-order valence-electron chi connectivity index (χ3n) is 1.49. The number of carboxylic acids is 1. The molecule has 1 unspecified atom stereocenters. The van der Waals surface area contributed by atoms with Crippen LogP contribution in [0.1, 0.15) is 13.3 Å². The fourth-order valence-electron chi connectivity index (χ4n) is 0.722. The minimum atomic E-state index is -1.05. The predicted octanol–water partition coefficient (Wildman–Crippen LogP) is 0.826. The monoisotopic (exact) mass is 172 g/mol. The van der Waals surface area contributed by atoms with Gasteiger partial charge >= 0.3 is 11.9 Å². The highest BCUT2D eigenvalue weighted by Gasteiger charge is 2.21. The number of carbonyl (C=O) groups excluding carboxylic acids is 1. The Bertz CT molecular complexity index is 193. The van der Waals surface area contributed by atoms with E-state index in [1.54, 1.807) is 6.92 Å². The molecule has 0 saturated heterocycles. The largest absolute Gasteiger partial charge is 0.481 e. The molecule has 0 radical (unpaired) electrons. The lowest BCUT2D eigenvalue weighted by atomic mass is 9.99. The van der Waals surface area contributed by atoms with E-state index < -0.39 is 17.9 Å². The average Bonchev–Trinajstić information content (AvgIpc) is 1.98. The number of esters is 1. The maximum Gasteiger partial charge on any atom is 0.311 e. The van der Waals surface area contributed by atoms with Crippen molar-refractivity contribution >= 4 is 11.9 Å². The van der Waals surface area contributed by atoms with Crippen LogP contribution in [-0.4, -0.2) is 24.2 Å². The minimum absolute atomic E-state index is 0.152. The van der Waals surface area contributed by atoms with E-state index in [0.29, 0.717) is 5.57 Å². The third-order valence-corrected chi connectivity index (χ3v) is 1.49. The van der Waals surface area contributed by atoms with Gasteiger partial charge in [0, 0.05) is 0 Å². The van der Waals surface area contributed by atoms with Crippen LogP contribution in [0.4, 0.5) is 0 Å². The molecular weight excluding hydrogens is 160 g/mol. The fraction of sp³-hybridized carbons (Fsp3) is 0.500. The van der Waals surface area contributed by atoms with Crippen molar-refractivity contribution in [3.63, 3.8) is 0 Å². The minimum Gasteiger partial charge on any atom is -0.481 e. The van der Waals surface area contributed by atoms with Gasteiger partial charge in [0.1, 0.15) is 0 Å². The number of carboxylic acid groups (broad SMARTS) is 1. The number of carbonyl (C=O) groups is 2. The standard InChI is InChI=1S/C8H12O4/c1-5(2)6(8(10)11)4-7(9)12-3/h6H,1,4H2,2-3H3,(H,10,11). The van der Waals surface area contributed by atoms with E-state index in [-0.39, 0.29) is 6.42 Å². The summed E-state index contributed by atoms with van der Waals surface area (Å²) in [5, 5.41) is 8.62. The van der Waals surface area contributed by atoms with E-state index in [1.807, 2.05) is 0 Å². The molecule has 0 aliphatic heterocycles. The van der Waals surface area contributed by atoms with Gasteiger partial charge < -0.3 is 9.84 Å². The SMILES string of the molecule is C=C(C)C(CC(=O)OC)C(=O)O. The molecule has 0 spiro atoms. The van der Waals surface area contributed by atoms with Crippen molar-refractivity contribution in [2.45, 2.75) is 13.3 Å². The van der Waals surface area contributed by atoms with Crippen LogP contribution in [0.15, 0.2) is 12.2 Å². The van der Waals surface area contributed by atoms with Crippen molar-refractivity contribution in [1.29, 1.82) is 0 Å². The molecule has 0 aromatic carbocycles. The number of hydrogen-bond acceptors (Lipinski definition) is 3. The number of aliphatic carboxylic acids is 1. The van der Waals surface area contributed by atoms with Gasteiger partial charge in [-0.25, -0.2) is 0 Å². The summed E-state index contributed by atoms with van der Waals surface area (Å²) < 4.78 is 4.34. The molecular formula is C8H12O4. The van der Waals surface area contributed by atoms with Crippen molar-refractivity contribution in [2.75, 3.05) is 7.11 Å². The molecule has 0 aliphatic carbocycles. The highest BCUT2D eigenvalue weighted by molar-refractivity contribution is 5.80. The van der Waals surface area contributed by atoms with Gasteiger partial charge in [0.15, 0.2) is 0 Å². The second-order valence-electron chi connectivity index (χ2n) is 2.52. The summed E-state index contributed by atoms with van der Waals surface area (Å²) in [5.74, 6) is -2.42. The number of ether oxygens (including phenoxy) is 1. The Balaban J connectivity index is 4.24. The van der Waals surface area contributed by atoms with Crippen molar-refractivity contribution in [2.24, 2.45) is 5.92 Å². The van der Waals surface area contributed by atoms with Gasteiger partial charge in [-0.3, -0.25) is 9.59 Å². The first-order chi connectivity index (χ1) is 5.49. The average molecular weight is 172 g/mol. The predicted molar refractivity (Wildman–Crippen MR) is 42.6 cm³/mol. The lowest BCUT2D eigenvalue weighted by Gasteiger charge is -2.09. The molecule has 1 atom stereocenters. The maximum absolute atomic E-state index is 10.7. The van der Waals surface area contributed by atoms with Gasteiger partial charge in [-0.1, -0.05) is 12.2 Å².